The summed E-state index contributed by atoms with van der Waals surface area (Å²) in [4.78, 5) is 11.4. The Morgan fingerprint density at radius 3 is 2.86 bits per heavy atom. The van der Waals surface area contributed by atoms with E-state index in [1.165, 1.54) is 19.3 Å². The minimum atomic E-state index is 0.279. The molecular weight excluding hydrogens is 366 g/mol. The highest BCUT2D eigenvalue weighted by atomic mass is 16.7. The molecule has 5 rings (SSSR count). The Morgan fingerprint density at radius 1 is 1.17 bits per heavy atom. The third kappa shape index (κ3) is 3.32. The molecule has 2 unspecified atom stereocenters. The summed E-state index contributed by atoms with van der Waals surface area (Å²) in [5.74, 6) is 3.10. The summed E-state index contributed by atoms with van der Waals surface area (Å²) in [6.45, 7) is 9.04. The van der Waals surface area contributed by atoms with E-state index in [1.54, 1.807) is 6.33 Å². The van der Waals surface area contributed by atoms with Gasteiger partial charge in [0.2, 0.25) is 6.79 Å². The van der Waals surface area contributed by atoms with Crippen molar-refractivity contribution in [1.82, 2.24) is 9.97 Å². The van der Waals surface area contributed by atoms with Gasteiger partial charge in [-0.15, -0.1) is 0 Å². The Morgan fingerprint density at radius 2 is 2.00 bits per heavy atom. The molecule has 2 aliphatic heterocycles. The molecule has 7 heteroatoms. The number of fused-ring (bicyclic) bond motifs is 3. The van der Waals surface area contributed by atoms with Crippen molar-refractivity contribution in [3.05, 3.63) is 30.1 Å². The molecule has 2 fully saturated rings. The van der Waals surface area contributed by atoms with Crippen LogP contribution in [0.2, 0.25) is 0 Å². The monoisotopic (exact) mass is 395 g/mol. The molecule has 3 aliphatic rings. The van der Waals surface area contributed by atoms with Crippen LogP contribution in [-0.4, -0.2) is 29.3 Å². The van der Waals surface area contributed by atoms with Crippen LogP contribution in [0.5, 0.6) is 11.5 Å². The van der Waals surface area contributed by atoms with Gasteiger partial charge in [0.1, 0.15) is 12.0 Å². The number of hydrogen-bond donors (Lipinski definition) is 2. The van der Waals surface area contributed by atoms with Crippen molar-refractivity contribution in [1.29, 1.82) is 0 Å². The number of nitrogens with one attached hydrogen (secondary N) is 1. The van der Waals surface area contributed by atoms with Crippen LogP contribution in [0.4, 0.5) is 17.3 Å². The van der Waals surface area contributed by atoms with Gasteiger partial charge in [-0.05, 0) is 47.8 Å². The number of nitrogens with zero attached hydrogens (tertiary/aromatic N) is 3. The van der Waals surface area contributed by atoms with Gasteiger partial charge in [0.15, 0.2) is 23.1 Å². The molecule has 1 aliphatic carbocycles. The van der Waals surface area contributed by atoms with Gasteiger partial charge in [0, 0.05) is 19.1 Å². The standard InChI is InChI=1S/C22H29N5O2/c1-21(2)7-15-8-22(3,10-21)11-27(15)20-18(23)19(25-12-26-20)24-9-14-4-5-16-17(6-14)29-13-28-16/h4-6,12,15H,7-11,13,23H2,1-3H3,(H,24,25,26). The Balaban J connectivity index is 1.35. The quantitative estimate of drug-likeness (QED) is 0.814. The number of ether oxygens (including phenoxy) is 2. The zero-order valence-electron chi connectivity index (χ0n) is 17.4. The summed E-state index contributed by atoms with van der Waals surface area (Å²) in [7, 11) is 0. The molecule has 1 saturated heterocycles. The van der Waals surface area contributed by atoms with E-state index in [0.29, 0.717) is 34.9 Å². The van der Waals surface area contributed by atoms with Crippen molar-refractivity contribution in [3.8, 4) is 11.5 Å². The molecule has 2 bridgehead atoms. The Hall–Kier alpha value is -2.70. The maximum absolute atomic E-state index is 6.54. The molecule has 3 heterocycles. The first-order valence-electron chi connectivity index (χ1n) is 10.3. The average Bonchev–Trinajstić information content (AvgIpc) is 3.21. The molecule has 0 amide bonds. The number of hydrogen-bond acceptors (Lipinski definition) is 7. The highest BCUT2D eigenvalue weighted by molar-refractivity contribution is 5.75. The fourth-order valence-electron chi connectivity index (χ4n) is 5.70. The van der Waals surface area contributed by atoms with Gasteiger partial charge in [-0.1, -0.05) is 26.8 Å². The van der Waals surface area contributed by atoms with Crippen molar-refractivity contribution in [3.63, 3.8) is 0 Å². The van der Waals surface area contributed by atoms with Crippen molar-refractivity contribution in [2.45, 2.75) is 52.6 Å². The predicted octanol–water partition coefficient (Wildman–Crippen LogP) is 3.80. The summed E-state index contributed by atoms with van der Waals surface area (Å²) >= 11 is 0. The largest absolute Gasteiger partial charge is 0.454 e. The number of anilines is 3. The molecule has 29 heavy (non-hydrogen) atoms. The summed E-state index contributed by atoms with van der Waals surface area (Å²) in [6.07, 6.45) is 5.24. The lowest BCUT2D eigenvalue weighted by Gasteiger charge is -2.39. The van der Waals surface area contributed by atoms with Crippen LogP contribution in [-0.2, 0) is 6.54 Å². The smallest absolute Gasteiger partial charge is 0.231 e. The van der Waals surface area contributed by atoms with Crippen LogP contribution in [0.1, 0.15) is 45.6 Å². The van der Waals surface area contributed by atoms with E-state index in [1.807, 2.05) is 18.2 Å². The Labute approximate surface area is 171 Å². The van der Waals surface area contributed by atoms with Gasteiger partial charge in [0.05, 0.1) is 0 Å². The number of rotatable bonds is 4. The van der Waals surface area contributed by atoms with E-state index in [9.17, 15) is 0 Å². The topological polar surface area (TPSA) is 85.5 Å². The summed E-state index contributed by atoms with van der Waals surface area (Å²) in [5.41, 5.74) is 8.93. The van der Waals surface area contributed by atoms with E-state index in [0.717, 1.165) is 29.4 Å². The van der Waals surface area contributed by atoms with Crippen LogP contribution < -0.4 is 25.4 Å². The van der Waals surface area contributed by atoms with Gasteiger partial charge >= 0.3 is 0 Å². The fraction of sp³-hybridized carbons (Fsp3) is 0.545. The van der Waals surface area contributed by atoms with Gasteiger partial charge in [0.25, 0.3) is 0 Å². The second-order valence-electron chi connectivity index (χ2n) is 9.84. The number of benzene rings is 1. The molecular formula is C22H29N5O2. The molecule has 3 N–H and O–H groups in total. The van der Waals surface area contributed by atoms with Crippen LogP contribution in [0.25, 0.3) is 0 Å². The predicted molar refractivity (Wildman–Crippen MR) is 113 cm³/mol. The van der Waals surface area contributed by atoms with Crippen LogP contribution in [0.15, 0.2) is 24.5 Å². The highest BCUT2D eigenvalue weighted by Crippen LogP contribution is 2.54. The van der Waals surface area contributed by atoms with Crippen molar-refractivity contribution in [2.75, 3.05) is 29.3 Å². The molecule has 1 saturated carbocycles. The maximum Gasteiger partial charge on any atom is 0.231 e. The maximum atomic E-state index is 6.54. The number of nitrogen functional groups attached to an aromatic ring is 1. The first kappa shape index (κ1) is 18.3. The van der Waals surface area contributed by atoms with E-state index in [4.69, 9.17) is 15.2 Å². The third-order valence-electron chi connectivity index (χ3n) is 6.45. The number of nitrogens with two attached hydrogens (primary N) is 1. The lowest BCUT2D eigenvalue weighted by atomic mass is 9.65. The van der Waals surface area contributed by atoms with E-state index >= 15 is 0 Å². The zero-order chi connectivity index (χ0) is 20.2. The van der Waals surface area contributed by atoms with Gasteiger partial charge in [-0.25, -0.2) is 9.97 Å². The molecule has 1 aromatic heterocycles. The lowest BCUT2D eigenvalue weighted by Crippen LogP contribution is -2.35. The molecule has 0 spiro atoms. The molecule has 2 aromatic rings. The number of aromatic nitrogens is 2. The molecule has 154 valence electrons. The van der Waals surface area contributed by atoms with Gasteiger partial charge in [-0.2, -0.15) is 0 Å². The minimum Gasteiger partial charge on any atom is -0.454 e. The van der Waals surface area contributed by atoms with Crippen molar-refractivity contribution in [2.24, 2.45) is 10.8 Å². The van der Waals surface area contributed by atoms with Crippen molar-refractivity contribution < 1.29 is 9.47 Å². The second-order valence-corrected chi connectivity index (χ2v) is 9.84. The second kappa shape index (κ2) is 6.40. The SMILES string of the molecule is CC1(C)CC2CC(C)(CN2c2ncnc(NCc3ccc4c(c3)OCO4)c2N)C1. The Kier molecular flexibility index (Phi) is 4.05. The van der Waals surface area contributed by atoms with E-state index < -0.39 is 0 Å². The summed E-state index contributed by atoms with van der Waals surface area (Å²) in [5, 5.41) is 3.37. The van der Waals surface area contributed by atoms with Crippen LogP contribution in [0, 0.1) is 10.8 Å². The molecule has 7 nitrogen and oxygen atoms in total. The van der Waals surface area contributed by atoms with Crippen molar-refractivity contribution >= 4 is 17.3 Å². The third-order valence-corrected chi connectivity index (χ3v) is 6.45. The first-order valence-corrected chi connectivity index (χ1v) is 10.3. The minimum absolute atomic E-state index is 0.279. The van der Waals surface area contributed by atoms with Gasteiger partial charge < -0.3 is 25.4 Å². The average molecular weight is 396 g/mol. The fourth-order valence-corrected chi connectivity index (χ4v) is 5.70. The molecule has 1 aromatic carbocycles. The van der Waals surface area contributed by atoms with E-state index in [2.05, 4.69) is 41.0 Å². The zero-order valence-corrected chi connectivity index (χ0v) is 17.4. The van der Waals surface area contributed by atoms with Crippen LogP contribution >= 0.6 is 0 Å². The van der Waals surface area contributed by atoms with Crippen LogP contribution in [0.3, 0.4) is 0 Å². The summed E-state index contributed by atoms with van der Waals surface area (Å²) < 4.78 is 10.8. The highest BCUT2D eigenvalue weighted by Gasteiger charge is 2.50. The molecule has 2 atom stereocenters. The molecule has 0 radical (unpaired) electrons. The Bertz CT molecular complexity index is 947. The normalized spacial score (nSPS) is 26.6. The van der Waals surface area contributed by atoms with Gasteiger partial charge in [-0.3, -0.25) is 0 Å². The van der Waals surface area contributed by atoms with E-state index in [-0.39, 0.29) is 6.79 Å². The lowest BCUT2D eigenvalue weighted by molar-refractivity contribution is 0.136. The summed E-state index contributed by atoms with van der Waals surface area (Å²) in [6, 6.07) is 6.43. The first-order chi connectivity index (χ1) is 13.8.